The molecule has 6 heteroatoms. The average Bonchev–Trinajstić information content (AvgIpc) is 3.21. The summed E-state index contributed by atoms with van der Waals surface area (Å²) in [6.45, 7) is 13.0. The van der Waals surface area contributed by atoms with E-state index < -0.39 is 0 Å². The summed E-state index contributed by atoms with van der Waals surface area (Å²) in [5, 5.41) is 10.9. The molecule has 2 aromatic heterocycles. The Hall–Kier alpha value is -1.63. The topological polar surface area (TPSA) is 60.3 Å². The second-order valence-corrected chi connectivity index (χ2v) is 7.46. The molecule has 2 N–H and O–H groups in total. The molecule has 0 radical (unpaired) electrons. The van der Waals surface area contributed by atoms with Crippen molar-refractivity contribution in [3.8, 4) is 11.5 Å². The van der Waals surface area contributed by atoms with E-state index in [1.807, 2.05) is 25.3 Å². The molecule has 3 rings (SSSR count). The van der Waals surface area contributed by atoms with Gasteiger partial charge in [0.1, 0.15) is 11.5 Å². The van der Waals surface area contributed by atoms with Crippen molar-refractivity contribution >= 4 is 0 Å². The maximum atomic E-state index is 5.73. The first-order chi connectivity index (χ1) is 12.0. The molecule has 1 unspecified atom stereocenters. The average molecular weight is 345 g/mol. The van der Waals surface area contributed by atoms with Gasteiger partial charge in [-0.15, -0.1) is 0 Å². The van der Waals surface area contributed by atoms with Gasteiger partial charge in [0.15, 0.2) is 5.76 Å². The highest BCUT2D eigenvalue weighted by Gasteiger charge is 2.24. The third kappa shape index (κ3) is 4.51. The monoisotopic (exact) mass is 345 g/mol. The standard InChI is InChI=1S/C19H31N5O/c1-14(2)17(24-9-7-23(4)8-10-24)13-20-11-16-12-21-22-19(16)18-6-5-15(3)25-18/h5-6,12,14,17,20H,7-11,13H2,1-4H3,(H,21,22). The second-order valence-electron chi connectivity index (χ2n) is 7.46. The van der Waals surface area contributed by atoms with Crippen LogP contribution in [0.5, 0.6) is 0 Å². The van der Waals surface area contributed by atoms with Crippen LogP contribution in [-0.2, 0) is 6.54 Å². The molecule has 1 aliphatic rings. The number of furan rings is 1. The molecule has 0 amide bonds. The lowest BCUT2D eigenvalue weighted by atomic mass is 10.0. The van der Waals surface area contributed by atoms with Crippen molar-refractivity contribution in [2.45, 2.75) is 33.4 Å². The molecule has 2 aromatic rings. The molecule has 3 heterocycles. The fourth-order valence-electron chi connectivity index (χ4n) is 3.52. The number of nitrogens with zero attached hydrogens (tertiary/aromatic N) is 3. The number of rotatable bonds is 7. The zero-order valence-corrected chi connectivity index (χ0v) is 15.9. The minimum Gasteiger partial charge on any atom is -0.460 e. The predicted octanol–water partition coefficient (Wildman–Crippen LogP) is 2.34. The van der Waals surface area contributed by atoms with Gasteiger partial charge in [-0.2, -0.15) is 5.10 Å². The fourth-order valence-corrected chi connectivity index (χ4v) is 3.52. The summed E-state index contributed by atoms with van der Waals surface area (Å²) in [4.78, 5) is 5.04. The van der Waals surface area contributed by atoms with Gasteiger partial charge >= 0.3 is 0 Å². The predicted molar refractivity (Wildman–Crippen MR) is 100 cm³/mol. The summed E-state index contributed by atoms with van der Waals surface area (Å²) in [6.07, 6.45) is 1.89. The first kappa shape index (κ1) is 18.2. The molecule has 1 atom stereocenters. The highest BCUT2D eigenvalue weighted by Crippen LogP contribution is 2.23. The third-order valence-electron chi connectivity index (χ3n) is 5.15. The SMILES string of the molecule is Cc1ccc(-c2[nH]ncc2CNCC(C(C)C)N2CCN(C)CC2)o1. The lowest BCUT2D eigenvalue weighted by Gasteiger charge is -2.40. The lowest BCUT2D eigenvalue weighted by Crippen LogP contribution is -2.53. The Morgan fingerprint density at radius 1 is 1.24 bits per heavy atom. The molecule has 0 spiro atoms. The van der Waals surface area contributed by atoms with Gasteiger partial charge in [-0.25, -0.2) is 0 Å². The van der Waals surface area contributed by atoms with E-state index in [4.69, 9.17) is 4.42 Å². The number of aromatic amines is 1. The van der Waals surface area contributed by atoms with Gasteiger partial charge < -0.3 is 14.6 Å². The van der Waals surface area contributed by atoms with Gasteiger partial charge in [-0.3, -0.25) is 10.00 Å². The Kier molecular flexibility index (Phi) is 5.93. The normalized spacial score (nSPS) is 18.1. The van der Waals surface area contributed by atoms with Crippen LogP contribution in [0.2, 0.25) is 0 Å². The summed E-state index contributed by atoms with van der Waals surface area (Å²) in [6, 6.07) is 4.54. The van der Waals surface area contributed by atoms with Crippen LogP contribution in [0.3, 0.4) is 0 Å². The van der Waals surface area contributed by atoms with E-state index in [1.165, 1.54) is 0 Å². The molecule has 138 valence electrons. The van der Waals surface area contributed by atoms with Crippen LogP contribution in [0.15, 0.2) is 22.7 Å². The maximum Gasteiger partial charge on any atom is 0.152 e. The van der Waals surface area contributed by atoms with Crippen molar-refractivity contribution in [2.75, 3.05) is 39.8 Å². The van der Waals surface area contributed by atoms with Crippen molar-refractivity contribution in [1.82, 2.24) is 25.3 Å². The van der Waals surface area contributed by atoms with E-state index in [-0.39, 0.29) is 0 Å². The van der Waals surface area contributed by atoms with Crippen molar-refractivity contribution in [1.29, 1.82) is 0 Å². The van der Waals surface area contributed by atoms with Gasteiger partial charge in [0.2, 0.25) is 0 Å². The first-order valence-electron chi connectivity index (χ1n) is 9.27. The van der Waals surface area contributed by atoms with Gasteiger partial charge in [0, 0.05) is 50.9 Å². The van der Waals surface area contributed by atoms with Gasteiger partial charge in [0.25, 0.3) is 0 Å². The van der Waals surface area contributed by atoms with Gasteiger partial charge in [0.05, 0.1) is 6.20 Å². The maximum absolute atomic E-state index is 5.73. The highest BCUT2D eigenvalue weighted by molar-refractivity contribution is 5.56. The lowest BCUT2D eigenvalue weighted by molar-refractivity contribution is 0.0875. The minimum atomic E-state index is 0.565. The van der Waals surface area contributed by atoms with E-state index in [9.17, 15) is 0 Å². The molecule has 25 heavy (non-hydrogen) atoms. The zero-order chi connectivity index (χ0) is 17.8. The molecule has 0 saturated carbocycles. The van der Waals surface area contributed by atoms with Crippen molar-refractivity contribution in [3.63, 3.8) is 0 Å². The van der Waals surface area contributed by atoms with E-state index in [1.54, 1.807) is 0 Å². The number of hydrogen-bond acceptors (Lipinski definition) is 5. The third-order valence-corrected chi connectivity index (χ3v) is 5.15. The Balaban J connectivity index is 1.57. The summed E-state index contributed by atoms with van der Waals surface area (Å²) in [5.41, 5.74) is 2.12. The zero-order valence-electron chi connectivity index (χ0n) is 15.9. The molecule has 1 saturated heterocycles. The number of H-pyrrole nitrogens is 1. The largest absolute Gasteiger partial charge is 0.460 e. The fraction of sp³-hybridized carbons (Fsp3) is 0.632. The van der Waals surface area contributed by atoms with Crippen molar-refractivity contribution < 1.29 is 4.42 Å². The molecule has 0 aliphatic carbocycles. The summed E-state index contributed by atoms with van der Waals surface area (Å²) < 4.78 is 5.73. The summed E-state index contributed by atoms with van der Waals surface area (Å²) in [7, 11) is 2.21. The van der Waals surface area contributed by atoms with Crippen LogP contribution in [-0.4, -0.2) is 65.8 Å². The molecule has 1 aliphatic heterocycles. The number of hydrogen-bond donors (Lipinski definition) is 2. The highest BCUT2D eigenvalue weighted by atomic mass is 16.3. The van der Waals surface area contributed by atoms with Crippen LogP contribution in [0, 0.1) is 12.8 Å². The number of nitrogens with one attached hydrogen (secondary N) is 2. The van der Waals surface area contributed by atoms with Crippen molar-refractivity contribution in [2.24, 2.45) is 5.92 Å². The van der Waals surface area contributed by atoms with Crippen LogP contribution >= 0.6 is 0 Å². The molecule has 0 aromatic carbocycles. The number of likely N-dealkylation sites (N-methyl/N-ethyl adjacent to an activating group) is 1. The van der Waals surface area contributed by atoms with E-state index in [0.29, 0.717) is 12.0 Å². The van der Waals surface area contributed by atoms with Crippen LogP contribution in [0.4, 0.5) is 0 Å². The van der Waals surface area contributed by atoms with Gasteiger partial charge in [-0.1, -0.05) is 13.8 Å². The molecular weight excluding hydrogens is 314 g/mol. The summed E-state index contributed by atoms with van der Waals surface area (Å²) in [5.74, 6) is 2.40. The van der Waals surface area contributed by atoms with E-state index in [2.05, 4.69) is 46.2 Å². The second kappa shape index (κ2) is 8.17. The number of aryl methyl sites for hydroxylation is 1. The minimum absolute atomic E-state index is 0.565. The summed E-state index contributed by atoms with van der Waals surface area (Å²) >= 11 is 0. The van der Waals surface area contributed by atoms with E-state index in [0.717, 1.165) is 62.0 Å². The van der Waals surface area contributed by atoms with Crippen LogP contribution in [0.25, 0.3) is 11.5 Å². The molecule has 1 fully saturated rings. The first-order valence-corrected chi connectivity index (χ1v) is 9.27. The Morgan fingerprint density at radius 3 is 2.64 bits per heavy atom. The molecule has 0 bridgehead atoms. The van der Waals surface area contributed by atoms with Crippen molar-refractivity contribution in [3.05, 3.63) is 29.7 Å². The van der Waals surface area contributed by atoms with Crippen LogP contribution in [0.1, 0.15) is 25.2 Å². The number of aromatic nitrogens is 2. The Morgan fingerprint density at radius 2 is 2.00 bits per heavy atom. The molecular formula is C19H31N5O. The Bertz CT molecular complexity index is 654. The Labute approximate surface area is 150 Å². The number of piperazine rings is 1. The smallest absolute Gasteiger partial charge is 0.152 e. The quantitative estimate of drug-likeness (QED) is 0.807. The van der Waals surface area contributed by atoms with Gasteiger partial charge in [-0.05, 0) is 32.0 Å². The molecule has 6 nitrogen and oxygen atoms in total. The van der Waals surface area contributed by atoms with E-state index >= 15 is 0 Å². The van der Waals surface area contributed by atoms with Crippen LogP contribution < -0.4 is 5.32 Å².